The van der Waals surface area contributed by atoms with Crippen molar-refractivity contribution in [3.8, 4) is 5.75 Å². The van der Waals surface area contributed by atoms with Crippen molar-refractivity contribution in [1.29, 1.82) is 0 Å². The van der Waals surface area contributed by atoms with Crippen LogP contribution in [0.1, 0.15) is 0 Å². The maximum absolute atomic E-state index is 13.6. The maximum Gasteiger partial charge on any atom is 0.150 e. The molecule has 0 aliphatic rings. The van der Waals surface area contributed by atoms with E-state index in [1.54, 1.807) is 12.1 Å². The highest BCUT2D eigenvalue weighted by Crippen LogP contribution is 2.22. The Hall–Kier alpha value is -1.29. The highest BCUT2D eigenvalue weighted by Gasteiger charge is 2.07. The van der Waals surface area contributed by atoms with Crippen molar-refractivity contribution < 1.29 is 9.13 Å². The van der Waals surface area contributed by atoms with Gasteiger partial charge in [-0.05, 0) is 19.2 Å². The van der Waals surface area contributed by atoms with Crippen LogP contribution in [0.2, 0.25) is 0 Å². The first kappa shape index (κ1) is 11.8. The van der Waals surface area contributed by atoms with Crippen molar-refractivity contribution in [2.75, 3.05) is 39.2 Å². The number of nitrogens with zero attached hydrogens (tertiary/aromatic N) is 1. The van der Waals surface area contributed by atoms with Gasteiger partial charge in [-0.25, -0.2) is 4.39 Å². The van der Waals surface area contributed by atoms with E-state index >= 15 is 0 Å². The number of hydrogen-bond donors (Lipinski definition) is 1. The molecule has 1 rings (SSSR count). The van der Waals surface area contributed by atoms with Gasteiger partial charge in [-0.3, -0.25) is 0 Å². The highest BCUT2D eigenvalue weighted by atomic mass is 19.1. The second-order valence-corrected chi connectivity index (χ2v) is 3.34. The number of benzene rings is 1. The van der Waals surface area contributed by atoms with Gasteiger partial charge in [0.15, 0.2) is 0 Å². The molecule has 1 aromatic carbocycles. The molecular weight excluding hydrogens is 195 g/mol. The number of rotatable bonds is 5. The largest absolute Gasteiger partial charge is 0.497 e. The quantitative estimate of drug-likeness (QED) is 0.800. The molecule has 0 saturated carbocycles. The first-order chi connectivity index (χ1) is 7.19. The number of halogens is 1. The molecule has 4 heteroatoms. The van der Waals surface area contributed by atoms with Gasteiger partial charge in [-0.15, -0.1) is 0 Å². The molecule has 0 fully saturated rings. The number of ether oxygens (including phenoxy) is 1. The minimum absolute atomic E-state index is 0.257. The zero-order valence-electron chi connectivity index (χ0n) is 9.38. The molecule has 0 heterocycles. The molecule has 0 atom stereocenters. The van der Waals surface area contributed by atoms with Crippen molar-refractivity contribution in [3.63, 3.8) is 0 Å². The van der Waals surface area contributed by atoms with E-state index in [4.69, 9.17) is 4.74 Å². The lowest BCUT2D eigenvalue weighted by Crippen LogP contribution is -2.27. The molecule has 1 aromatic rings. The lowest BCUT2D eigenvalue weighted by molar-refractivity contribution is 0.411. The van der Waals surface area contributed by atoms with E-state index < -0.39 is 0 Å². The fraction of sp³-hybridized carbons (Fsp3) is 0.455. The topological polar surface area (TPSA) is 24.5 Å². The van der Waals surface area contributed by atoms with Crippen molar-refractivity contribution in [3.05, 3.63) is 24.0 Å². The zero-order chi connectivity index (χ0) is 11.3. The molecule has 84 valence electrons. The van der Waals surface area contributed by atoms with E-state index in [1.807, 2.05) is 19.0 Å². The van der Waals surface area contributed by atoms with E-state index in [2.05, 4.69) is 5.32 Å². The van der Waals surface area contributed by atoms with E-state index in [0.29, 0.717) is 11.4 Å². The predicted molar refractivity (Wildman–Crippen MR) is 60.1 cm³/mol. The first-order valence-electron chi connectivity index (χ1n) is 4.88. The van der Waals surface area contributed by atoms with Gasteiger partial charge >= 0.3 is 0 Å². The van der Waals surface area contributed by atoms with Gasteiger partial charge in [0.25, 0.3) is 0 Å². The lowest BCUT2D eigenvalue weighted by atomic mass is 10.2. The van der Waals surface area contributed by atoms with Crippen molar-refractivity contribution in [2.45, 2.75) is 0 Å². The first-order valence-corrected chi connectivity index (χ1v) is 4.88. The Bertz CT molecular complexity index is 317. The van der Waals surface area contributed by atoms with Crippen molar-refractivity contribution in [2.24, 2.45) is 0 Å². The molecule has 0 saturated heterocycles. The van der Waals surface area contributed by atoms with Gasteiger partial charge in [0.1, 0.15) is 11.6 Å². The third-order valence-electron chi connectivity index (χ3n) is 2.26. The number of likely N-dealkylation sites (N-methyl/N-ethyl adjacent to an activating group) is 2. The molecule has 0 amide bonds. The Morgan fingerprint density at radius 3 is 2.73 bits per heavy atom. The van der Waals surface area contributed by atoms with E-state index in [9.17, 15) is 4.39 Å². The normalized spacial score (nSPS) is 10.1. The summed E-state index contributed by atoms with van der Waals surface area (Å²) in [5.41, 5.74) is 0.589. The Balaban J connectivity index is 2.76. The van der Waals surface area contributed by atoms with Crippen LogP contribution in [0.25, 0.3) is 0 Å². The summed E-state index contributed by atoms with van der Waals surface area (Å²) in [6.45, 7) is 1.59. The van der Waals surface area contributed by atoms with Crippen LogP contribution in [0, 0.1) is 5.82 Å². The zero-order valence-corrected chi connectivity index (χ0v) is 9.38. The van der Waals surface area contributed by atoms with Crippen LogP contribution in [0.4, 0.5) is 10.1 Å². The average Bonchev–Trinajstić information content (AvgIpc) is 2.25. The summed E-state index contributed by atoms with van der Waals surface area (Å²) in [7, 11) is 5.26. The molecule has 3 nitrogen and oxygen atoms in total. The van der Waals surface area contributed by atoms with Crippen LogP contribution < -0.4 is 15.0 Å². The fourth-order valence-electron chi connectivity index (χ4n) is 1.32. The third-order valence-corrected chi connectivity index (χ3v) is 2.26. The summed E-state index contributed by atoms with van der Waals surface area (Å²) in [6, 6.07) is 4.88. The summed E-state index contributed by atoms with van der Waals surface area (Å²) in [6.07, 6.45) is 0. The lowest BCUT2D eigenvalue weighted by Gasteiger charge is -2.19. The molecular formula is C11H17FN2O. The van der Waals surface area contributed by atoms with Crippen molar-refractivity contribution >= 4 is 5.69 Å². The van der Waals surface area contributed by atoms with Gasteiger partial charge in [0.2, 0.25) is 0 Å². The van der Waals surface area contributed by atoms with Gasteiger partial charge in [-0.1, -0.05) is 0 Å². The third kappa shape index (κ3) is 3.09. The van der Waals surface area contributed by atoms with Crippen LogP contribution in [0.3, 0.4) is 0 Å². The second-order valence-electron chi connectivity index (χ2n) is 3.34. The Kier molecular flexibility index (Phi) is 4.37. The monoisotopic (exact) mass is 212 g/mol. The van der Waals surface area contributed by atoms with E-state index in [0.717, 1.165) is 13.1 Å². The minimum Gasteiger partial charge on any atom is -0.497 e. The van der Waals surface area contributed by atoms with Crippen LogP contribution in [-0.2, 0) is 0 Å². The van der Waals surface area contributed by atoms with Gasteiger partial charge < -0.3 is 15.0 Å². The molecule has 0 unspecified atom stereocenters. The number of methoxy groups -OCH3 is 1. The molecule has 0 radical (unpaired) electrons. The minimum atomic E-state index is -0.257. The molecule has 0 spiro atoms. The van der Waals surface area contributed by atoms with E-state index in [-0.39, 0.29) is 5.82 Å². The fourth-order valence-corrected chi connectivity index (χ4v) is 1.32. The van der Waals surface area contributed by atoms with Gasteiger partial charge in [0, 0.05) is 26.2 Å². The second kappa shape index (κ2) is 5.56. The summed E-state index contributed by atoms with van der Waals surface area (Å²) in [5, 5.41) is 3.02. The molecule has 1 N–H and O–H groups in total. The van der Waals surface area contributed by atoms with Crippen molar-refractivity contribution in [1.82, 2.24) is 5.32 Å². The smallest absolute Gasteiger partial charge is 0.150 e. The number of anilines is 1. The Morgan fingerprint density at radius 2 is 2.20 bits per heavy atom. The van der Waals surface area contributed by atoms with Gasteiger partial charge in [0.05, 0.1) is 12.8 Å². The van der Waals surface area contributed by atoms with Crippen LogP contribution >= 0.6 is 0 Å². The maximum atomic E-state index is 13.6. The predicted octanol–water partition coefficient (Wildman–Crippen LogP) is 1.49. The summed E-state index contributed by atoms with van der Waals surface area (Å²) >= 11 is 0. The molecule has 0 aromatic heterocycles. The molecule has 15 heavy (non-hydrogen) atoms. The molecule has 0 aliphatic heterocycles. The molecule has 0 bridgehead atoms. The van der Waals surface area contributed by atoms with Crippen LogP contribution in [-0.4, -0.2) is 34.3 Å². The van der Waals surface area contributed by atoms with Crippen LogP contribution in [0.15, 0.2) is 18.2 Å². The standard InChI is InChI=1S/C11H17FN2O/c1-13-6-7-14(2)11-5-4-9(15-3)8-10(11)12/h4-5,8,13H,6-7H2,1-3H3. The molecule has 0 aliphatic carbocycles. The SMILES string of the molecule is CNCCN(C)c1ccc(OC)cc1F. The summed E-state index contributed by atoms with van der Waals surface area (Å²) < 4.78 is 18.5. The number of hydrogen-bond acceptors (Lipinski definition) is 3. The average molecular weight is 212 g/mol. The highest BCUT2D eigenvalue weighted by molar-refractivity contribution is 5.49. The van der Waals surface area contributed by atoms with E-state index in [1.165, 1.54) is 13.2 Å². The summed E-state index contributed by atoms with van der Waals surface area (Å²) in [5.74, 6) is 0.284. The van der Waals surface area contributed by atoms with Gasteiger partial charge in [-0.2, -0.15) is 0 Å². The van der Waals surface area contributed by atoms with Crippen LogP contribution in [0.5, 0.6) is 5.75 Å². The Morgan fingerprint density at radius 1 is 1.47 bits per heavy atom. The Labute approximate surface area is 89.8 Å². The number of nitrogens with one attached hydrogen (secondary N) is 1. The summed E-state index contributed by atoms with van der Waals surface area (Å²) in [4.78, 5) is 1.87.